The highest BCUT2D eigenvalue weighted by atomic mass is 19.3. The second-order valence-electron chi connectivity index (χ2n) is 4.11. The Bertz CT molecular complexity index is 599. The number of benzene rings is 1. The molecule has 84 valence electrons. The Balaban J connectivity index is 2.03. The summed E-state index contributed by atoms with van der Waals surface area (Å²) in [5.74, 6) is -3.91. The van der Waals surface area contributed by atoms with Crippen molar-refractivity contribution in [3.8, 4) is 0 Å². The zero-order valence-corrected chi connectivity index (χ0v) is 8.32. The third-order valence-electron chi connectivity index (χ3n) is 2.93. The van der Waals surface area contributed by atoms with E-state index in [-0.39, 0.29) is 13.0 Å². The minimum absolute atomic E-state index is 0.0306. The highest BCUT2D eigenvalue weighted by Crippen LogP contribution is 2.49. The van der Waals surface area contributed by atoms with Crippen LogP contribution in [0.2, 0.25) is 0 Å². The van der Waals surface area contributed by atoms with Crippen LogP contribution in [0.15, 0.2) is 33.5 Å². The first kappa shape index (κ1) is 9.57. The van der Waals surface area contributed by atoms with Gasteiger partial charge in [-0.15, -0.1) is 0 Å². The number of para-hydroxylation sites is 2. The van der Waals surface area contributed by atoms with Gasteiger partial charge in [0.05, 0.1) is 5.52 Å². The first-order chi connectivity index (χ1) is 7.58. The van der Waals surface area contributed by atoms with Gasteiger partial charge in [0.2, 0.25) is 0 Å². The standard InChI is InChI=1S/C11H9F2NO2/c12-11(13)5-7(11)6-14-8-3-1-2-4-9(8)16-10(14)15/h1-4,7H,5-6H2. The fraction of sp³-hybridized carbons (Fsp3) is 0.364. The topological polar surface area (TPSA) is 35.1 Å². The molecule has 5 heteroatoms. The van der Waals surface area contributed by atoms with Crippen LogP contribution >= 0.6 is 0 Å². The molecular formula is C11H9F2NO2. The maximum absolute atomic E-state index is 12.8. The molecule has 16 heavy (non-hydrogen) atoms. The van der Waals surface area contributed by atoms with Crippen LogP contribution in [0.5, 0.6) is 0 Å². The number of fused-ring (bicyclic) bond motifs is 1. The van der Waals surface area contributed by atoms with Crippen molar-refractivity contribution >= 4 is 11.1 Å². The number of hydrogen-bond acceptors (Lipinski definition) is 2. The van der Waals surface area contributed by atoms with E-state index < -0.39 is 17.6 Å². The summed E-state index contributed by atoms with van der Waals surface area (Å²) in [7, 11) is 0. The summed E-state index contributed by atoms with van der Waals surface area (Å²) in [4.78, 5) is 11.5. The van der Waals surface area contributed by atoms with E-state index in [9.17, 15) is 13.6 Å². The zero-order chi connectivity index (χ0) is 11.3. The van der Waals surface area contributed by atoms with Crippen molar-refractivity contribution in [1.82, 2.24) is 4.57 Å². The number of aromatic nitrogens is 1. The summed E-state index contributed by atoms with van der Waals surface area (Å²) < 4.78 is 31.8. The molecule has 1 heterocycles. The smallest absolute Gasteiger partial charge is 0.408 e. The molecule has 1 fully saturated rings. The lowest BCUT2D eigenvalue weighted by atomic mass is 10.3. The SMILES string of the molecule is O=c1oc2ccccc2n1CC1CC1(F)F. The van der Waals surface area contributed by atoms with Gasteiger partial charge < -0.3 is 4.42 Å². The number of alkyl halides is 2. The van der Waals surface area contributed by atoms with Gasteiger partial charge in [0.25, 0.3) is 5.92 Å². The molecule has 2 aromatic rings. The molecule has 0 radical (unpaired) electrons. The van der Waals surface area contributed by atoms with Crippen molar-refractivity contribution in [2.45, 2.75) is 18.9 Å². The van der Waals surface area contributed by atoms with Gasteiger partial charge in [0.1, 0.15) is 0 Å². The quantitative estimate of drug-likeness (QED) is 0.785. The van der Waals surface area contributed by atoms with E-state index in [1.54, 1.807) is 24.3 Å². The molecule has 0 saturated heterocycles. The highest BCUT2D eigenvalue weighted by molar-refractivity contribution is 5.72. The third kappa shape index (κ3) is 1.35. The Morgan fingerprint density at radius 1 is 1.44 bits per heavy atom. The van der Waals surface area contributed by atoms with Crippen LogP contribution in [-0.2, 0) is 6.54 Å². The predicted octanol–water partition coefficient (Wildman–Crippen LogP) is 2.25. The maximum atomic E-state index is 12.8. The summed E-state index contributed by atoms with van der Waals surface area (Å²) in [5, 5.41) is 0. The Morgan fingerprint density at radius 2 is 2.12 bits per heavy atom. The number of hydrogen-bond donors (Lipinski definition) is 0. The van der Waals surface area contributed by atoms with Gasteiger partial charge in [-0.25, -0.2) is 13.6 Å². The van der Waals surface area contributed by atoms with Crippen molar-refractivity contribution in [2.75, 3.05) is 0 Å². The molecule has 3 nitrogen and oxygen atoms in total. The van der Waals surface area contributed by atoms with Gasteiger partial charge in [-0.1, -0.05) is 12.1 Å². The molecule has 1 saturated carbocycles. The molecule has 0 bridgehead atoms. The number of oxazole rings is 1. The van der Waals surface area contributed by atoms with Gasteiger partial charge in [-0.05, 0) is 12.1 Å². The summed E-state index contributed by atoms with van der Waals surface area (Å²) >= 11 is 0. The van der Waals surface area contributed by atoms with Gasteiger partial charge >= 0.3 is 5.76 Å². The molecule has 1 aromatic heterocycles. The Hall–Kier alpha value is -1.65. The summed E-state index contributed by atoms with van der Waals surface area (Å²) in [6, 6.07) is 6.83. The Morgan fingerprint density at radius 3 is 2.81 bits per heavy atom. The summed E-state index contributed by atoms with van der Waals surface area (Å²) in [6.45, 7) is 0.0306. The van der Waals surface area contributed by atoms with E-state index in [2.05, 4.69) is 0 Å². The molecule has 3 rings (SSSR count). The second kappa shape index (κ2) is 2.93. The lowest BCUT2D eigenvalue weighted by Crippen LogP contribution is -2.17. The lowest BCUT2D eigenvalue weighted by Gasteiger charge is -2.00. The number of rotatable bonds is 2. The zero-order valence-electron chi connectivity index (χ0n) is 8.32. The number of halogens is 2. The van der Waals surface area contributed by atoms with E-state index in [4.69, 9.17) is 4.42 Å². The van der Waals surface area contributed by atoms with Crippen LogP contribution in [0.4, 0.5) is 8.78 Å². The van der Waals surface area contributed by atoms with Crippen molar-refractivity contribution < 1.29 is 13.2 Å². The Kier molecular flexibility index (Phi) is 1.75. The molecule has 0 amide bonds. The normalized spacial score (nSPS) is 22.5. The first-order valence-corrected chi connectivity index (χ1v) is 5.04. The van der Waals surface area contributed by atoms with Gasteiger partial charge in [0, 0.05) is 18.9 Å². The Labute approximate surface area is 89.3 Å². The van der Waals surface area contributed by atoms with Gasteiger partial charge in [-0.2, -0.15) is 0 Å². The minimum Gasteiger partial charge on any atom is -0.408 e. The van der Waals surface area contributed by atoms with E-state index >= 15 is 0 Å². The monoisotopic (exact) mass is 225 g/mol. The molecule has 0 spiro atoms. The van der Waals surface area contributed by atoms with Crippen molar-refractivity contribution in [3.63, 3.8) is 0 Å². The lowest BCUT2D eigenvalue weighted by molar-refractivity contribution is 0.0949. The molecule has 1 aliphatic rings. The van der Waals surface area contributed by atoms with Gasteiger partial charge in [-0.3, -0.25) is 4.57 Å². The first-order valence-electron chi connectivity index (χ1n) is 5.04. The van der Waals surface area contributed by atoms with Crippen LogP contribution in [0.1, 0.15) is 6.42 Å². The number of nitrogens with zero attached hydrogens (tertiary/aromatic N) is 1. The van der Waals surface area contributed by atoms with E-state index in [0.717, 1.165) is 0 Å². The summed E-state index contributed by atoms with van der Waals surface area (Å²) in [5.41, 5.74) is 1.02. The molecule has 1 aliphatic carbocycles. The van der Waals surface area contributed by atoms with Crippen LogP contribution in [0, 0.1) is 5.92 Å². The average Bonchev–Trinajstić information content (AvgIpc) is 2.69. The second-order valence-corrected chi connectivity index (χ2v) is 4.11. The van der Waals surface area contributed by atoms with Crippen LogP contribution < -0.4 is 5.76 Å². The summed E-state index contributed by atoms with van der Waals surface area (Å²) in [6.07, 6.45) is -0.140. The van der Waals surface area contributed by atoms with E-state index in [1.165, 1.54) is 4.57 Å². The molecule has 0 aliphatic heterocycles. The maximum Gasteiger partial charge on any atom is 0.419 e. The fourth-order valence-electron chi connectivity index (χ4n) is 1.87. The van der Waals surface area contributed by atoms with Crippen molar-refractivity contribution in [1.29, 1.82) is 0 Å². The van der Waals surface area contributed by atoms with Crippen LogP contribution in [-0.4, -0.2) is 10.5 Å². The minimum atomic E-state index is -2.61. The van der Waals surface area contributed by atoms with Crippen molar-refractivity contribution in [3.05, 3.63) is 34.8 Å². The van der Waals surface area contributed by atoms with E-state index in [0.29, 0.717) is 11.1 Å². The molecule has 0 N–H and O–H groups in total. The average molecular weight is 225 g/mol. The fourth-order valence-corrected chi connectivity index (χ4v) is 1.87. The molecule has 1 unspecified atom stereocenters. The van der Waals surface area contributed by atoms with Crippen LogP contribution in [0.3, 0.4) is 0 Å². The van der Waals surface area contributed by atoms with E-state index in [1.807, 2.05) is 0 Å². The van der Waals surface area contributed by atoms with Gasteiger partial charge in [0.15, 0.2) is 5.58 Å². The van der Waals surface area contributed by atoms with Crippen LogP contribution in [0.25, 0.3) is 11.1 Å². The van der Waals surface area contributed by atoms with Crippen molar-refractivity contribution in [2.24, 2.45) is 5.92 Å². The highest BCUT2D eigenvalue weighted by Gasteiger charge is 2.56. The third-order valence-corrected chi connectivity index (χ3v) is 2.93. The molecule has 1 aromatic carbocycles. The predicted molar refractivity (Wildman–Crippen MR) is 53.5 cm³/mol. The molecular weight excluding hydrogens is 216 g/mol. The largest absolute Gasteiger partial charge is 0.419 e. The molecule has 1 atom stereocenters.